The van der Waals surface area contributed by atoms with Gasteiger partial charge in [0.15, 0.2) is 0 Å². The van der Waals surface area contributed by atoms with Gasteiger partial charge in [-0.05, 0) is 23.6 Å². The van der Waals surface area contributed by atoms with E-state index in [2.05, 4.69) is 11.4 Å². The molecule has 1 aliphatic rings. The Bertz CT molecular complexity index is 670. The lowest BCUT2D eigenvalue weighted by atomic mass is 9.89. The van der Waals surface area contributed by atoms with E-state index in [4.69, 9.17) is 5.73 Å². The highest BCUT2D eigenvalue weighted by molar-refractivity contribution is 5.57. The number of non-ortho nitro benzene ring substituents is 1. The van der Waals surface area contributed by atoms with Gasteiger partial charge in [0.2, 0.25) is 0 Å². The Morgan fingerprint density at radius 2 is 2.00 bits per heavy atom. The number of fused-ring (bicyclic) bond motifs is 1. The van der Waals surface area contributed by atoms with E-state index in [1.807, 2.05) is 18.2 Å². The van der Waals surface area contributed by atoms with Crippen LogP contribution in [0.5, 0.6) is 0 Å². The van der Waals surface area contributed by atoms with Gasteiger partial charge in [0.1, 0.15) is 0 Å². The summed E-state index contributed by atoms with van der Waals surface area (Å²) in [5.74, 6) is 0. The van der Waals surface area contributed by atoms with Gasteiger partial charge in [-0.3, -0.25) is 10.1 Å². The zero-order chi connectivity index (χ0) is 14.1. The molecule has 0 amide bonds. The molecule has 5 heteroatoms. The highest BCUT2D eigenvalue weighted by atomic mass is 16.6. The largest absolute Gasteiger partial charge is 0.398 e. The molecule has 0 fully saturated rings. The fourth-order valence-electron chi connectivity index (χ4n) is 2.71. The summed E-state index contributed by atoms with van der Waals surface area (Å²) in [7, 11) is 0. The van der Waals surface area contributed by atoms with Crippen LogP contribution in [0.25, 0.3) is 0 Å². The van der Waals surface area contributed by atoms with Crippen molar-refractivity contribution in [3.8, 4) is 0 Å². The number of benzene rings is 2. The molecule has 0 unspecified atom stereocenters. The molecule has 0 saturated carbocycles. The highest BCUT2D eigenvalue weighted by Gasteiger charge is 2.24. The lowest BCUT2D eigenvalue weighted by Gasteiger charge is -2.28. The van der Waals surface area contributed by atoms with Crippen LogP contribution in [0.2, 0.25) is 0 Å². The Hall–Kier alpha value is -2.40. The number of nitrogen functional groups attached to an aromatic ring is 1. The molecule has 0 aliphatic carbocycles. The second-order valence-electron chi connectivity index (χ2n) is 4.91. The van der Waals surface area contributed by atoms with Crippen molar-refractivity contribution in [2.24, 2.45) is 0 Å². The maximum atomic E-state index is 10.9. The van der Waals surface area contributed by atoms with Crippen LogP contribution in [0, 0.1) is 10.1 Å². The Balaban J connectivity index is 2.10. The number of nitrogens with two attached hydrogens (primary N) is 1. The molecular weight excluding hydrogens is 254 g/mol. The van der Waals surface area contributed by atoms with Crippen molar-refractivity contribution >= 4 is 11.4 Å². The summed E-state index contributed by atoms with van der Waals surface area (Å²) in [6, 6.07) is 12.7. The molecule has 20 heavy (non-hydrogen) atoms. The normalized spacial score (nSPS) is 17.5. The average Bonchev–Trinajstić information content (AvgIpc) is 2.47. The number of rotatable bonds is 2. The quantitative estimate of drug-likeness (QED) is 0.498. The van der Waals surface area contributed by atoms with Crippen molar-refractivity contribution in [1.29, 1.82) is 0 Å². The summed E-state index contributed by atoms with van der Waals surface area (Å²) in [5, 5.41) is 14.3. The van der Waals surface area contributed by atoms with Crippen molar-refractivity contribution in [3.63, 3.8) is 0 Å². The molecule has 1 aliphatic heterocycles. The van der Waals surface area contributed by atoms with Gasteiger partial charge in [-0.2, -0.15) is 0 Å². The second kappa shape index (κ2) is 4.94. The van der Waals surface area contributed by atoms with Gasteiger partial charge in [0.25, 0.3) is 5.69 Å². The van der Waals surface area contributed by atoms with E-state index in [0.717, 1.165) is 24.1 Å². The summed E-state index contributed by atoms with van der Waals surface area (Å²) in [6.07, 6.45) is 0.960. The van der Waals surface area contributed by atoms with Gasteiger partial charge < -0.3 is 11.1 Å². The van der Waals surface area contributed by atoms with E-state index in [1.165, 1.54) is 11.6 Å². The maximum absolute atomic E-state index is 10.9. The van der Waals surface area contributed by atoms with Gasteiger partial charge in [0.05, 0.1) is 11.0 Å². The molecule has 0 saturated heterocycles. The summed E-state index contributed by atoms with van der Waals surface area (Å²) < 4.78 is 0. The Morgan fingerprint density at radius 1 is 1.20 bits per heavy atom. The van der Waals surface area contributed by atoms with Crippen LogP contribution in [0.1, 0.15) is 22.7 Å². The molecule has 2 aromatic rings. The van der Waals surface area contributed by atoms with Crippen LogP contribution in [-0.2, 0) is 6.42 Å². The fraction of sp³-hybridized carbons (Fsp3) is 0.200. The molecule has 5 nitrogen and oxygen atoms in total. The molecule has 1 atom stereocenters. The van der Waals surface area contributed by atoms with E-state index in [9.17, 15) is 10.1 Å². The molecule has 0 spiro atoms. The van der Waals surface area contributed by atoms with Crippen LogP contribution in [0.15, 0.2) is 42.5 Å². The molecule has 3 N–H and O–H groups in total. The number of anilines is 1. The van der Waals surface area contributed by atoms with Crippen molar-refractivity contribution < 1.29 is 4.92 Å². The fourth-order valence-corrected chi connectivity index (χ4v) is 2.71. The average molecular weight is 269 g/mol. The van der Waals surface area contributed by atoms with E-state index < -0.39 is 4.92 Å². The van der Waals surface area contributed by atoms with Crippen LogP contribution < -0.4 is 11.1 Å². The number of nitro groups is 1. The SMILES string of the molecule is Nc1ccc([N+](=O)[O-])cc1[C@H]1NCCc2ccccc21. The van der Waals surface area contributed by atoms with Crippen molar-refractivity contribution in [3.05, 3.63) is 69.3 Å². The first-order chi connectivity index (χ1) is 9.66. The summed E-state index contributed by atoms with van der Waals surface area (Å²) in [4.78, 5) is 10.5. The van der Waals surface area contributed by atoms with Crippen LogP contribution in [-0.4, -0.2) is 11.5 Å². The van der Waals surface area contributed by atoms with E-state index >= 15 is 0 Å². The predicted molar refractivity (Wildman–Crippen MR) is 77.5 cm³/mol. The highest BCUT2D eigenvalue weighted by Crippen LogP contribution is 2.33. The minimum atomic E-state index is -0.391. The first-order valence-corrected chi connectivity index (χ1v) is 6.52. The summed E-state index contributed by atoms with van der Waals surface area (Å²) in [5.41, 5.74) is 9.84. The zero-order valence-electron chi connectivity index (χ0n) is 10.9. The minimum absolute atomic E-state index is 0.0686. The molecule has 3 rings (SSSR count). The smallest absolute Gasteiger partial charge is 0.269 e. The molecular formula is C15H15N3O2. The zero-order valence-corrected chi connectivity index (χ0v) is 10.9. The van der Waals surface area contributed by atoms with Gasteiger partial charge in [0, 0.05) is 29.9 Å². The first-order valence-electron chi connectivity index (χ1n) is 6.52. The Morgan fingerprint density at radius 3 is 2.80 bits per heavy atom. The molecule has 0 bridgehead atoms. The van der Waals surface area contributed by atoms with Gasteiger partial charge >= 0.3 is 0 Å². The standard InChI is InChI=1S/C15H15N3O2/c16-14-6-5-11(18(19)20)9-13(14)15-12-4-2-1-3-10(12)7-8-17-15/h1-6,9,15,17H,7-8,16H2/t15-/m0/s1. The van der Waals surface area contributed by atoms with Crippen LogP contribution >= 0.6 is 0 Å². The van der Waals surface area contributed by atoms with Gasteiger partial charge in [-0.15, -0.1) is 0 Å². The third kappa shape index (κ3) is 2.12. The third-order valence-corrected chi connectivity index (χ3v) is 3.70. The van der Waals surface area contributed by atoms with Crippen molar-refractivity contribution in [2.45, 2.75) is 12.5 Å². The molecule has 2 aromatic carbocycles. The van der Waals surface area contributed by atoms with Crippen molar-refractivity contribution in [1.82, 2.24) is 5.32 Å². The lowest BCUT2D eigenvalue weighted by Crippen LogP contribution is -2.31. The van der Waals surface area contributed by atoms with Crippen molar-refractivity contribution in [2.75, 3.05) is 12.3 Å². The van der Waals surface area contributed by atoms with E-state index in [1.54, 1.807) is 12.1 Å². The molecule has 102 valence electrons. The number of nitrogens with zero attached hydrogens (tertiary/aromatic N) is 1. The predicted octanol–water partition coefficient (Wildman–Crippen LogP) is 2.41. The Labute approximate surface area is 116 Å². The number of hydrogen-bond acceptors (Lipinski definition) is 4. The summed E-state index contributed by atoms with van der Waals surface area (Å²) in [6.45, 7) is 0.837. The number of nitro benzene ring substituents is 1. The molecule has 0 radical (unpaired) electrons. The third-order valence-electron chi connectivity index (χ3n) is 3.70. The number of hydrogen-bond donors (Lipinski definition) is 2. The monoisotopic (exact) mass is 269 g/mol. The topological polar surface area (TPSA) is 81.2 Å². The number of nitrogens with one attached hydrogen (secondary N) is 1. The second-order valence-corrected chi connectivity index (χ2v) is 4.91. The van der Waals surface area contributed by atoms with E-state index in [-0.39, 0.29) is 11.7 Å². The minimum Gasteiger partial charge on any atom is -0.398 e. The van der Waals surface area contributed by atoms with Gasteiger partial charge in [-0.1, -0.05) is 24.3 Å². The van der Waals surface area contributed by atoms with Gasteiger partial charge in [-0.25, -0.2) is 0 Å². The first kappa shape index (κ1) is 12.6. The summed E-state index contributed by atoms with van der Waals surface area (Å²) >= 11 is 0. The van der Waals surface area contributed by atoms with Crippen LogP contribution in [0.3, 0.4) is 0 Å². The molecule has 1 heterocycles. The Kier molecular flexibility index (Phi) is 3.12. The lowest BCUT2D eigenvalue weighted by molar-refractivity contribution is -0.384. The molecule has 0 aromatic heterocycles. The maximum Gasteiger partial charge on any atom is 0.269 e. The van der Waals surface area contributed by atoms with Crippen LogP contribution in [0.4, 0.5) is 11.4 Å². The van der Waals surface area contributed by atoms with E-state index in [0.29, 0.717) is 5.69 Å².